The Labute approximate surface area is 287 Å². The number of hydrogen-bond donors (Lipinski definition) is 4. The minimum atomic E-state index is -3.56. The number of carbonyl (C=O) groups is 5. The van der Waals surface area contributed by atoms with Crippen LogP contribution in [0.2, 0.25) is 0 Å². The lowest BCUT2D eigenvalue weighted by Gasteiger charge is -2.41. The molecule has 12 nitrogen and oxygen atoms in total. The van der Waals surface area contributed by atoms with Gasteiger partial charge in [-0.15, -0.1) is 0 Å². The van der Waals surface area contributed by atoms with Crippen LogP contribution in [0.4, 0.5) is 4.79 Å². The van der Waals surface area contributed by atoms with Crippen molar-refractivity contribution in [1.29, 1.82) is 0 Å². The fourth-order valence-electron chi connectivity index (χ4n) is 7.97. The molecule has 0 bridgehead atoms. The highest BCUT2D eigenvalue weighted by atomic mass is 32.2. The van der Waals surface area contributed by atoms with Crippen molar-refractivity contribution in [1.82, 2.24) is 20.9 Å². The number of rotatable bonds is 10. The summed E-state index contributed by atoms with van der Waals surface area (Å²) in [5.74, 6) is -3.36. The summed E-state index contributed by atoms with van der Waals surface area (Å²) in [6.45, 7) is 16.7. The third kappa shape index (κ3) is 7.33. The fourth-order valence-corrected chi connectivity index (χ4v) is 9.50. The van der Waals surface area contributed by atoms with Crippen molar-refractivity contribution in [2.45, 2.75) is 135 Å². The van der Waals surface area contributed by atoms with Crippen LogP contribution in [0.3, 0.4) is 0 Å². The van der Waals surface area contributed by atoms with Gasteiger partial charge in [-0.1, -0.05) is 67.2 Å². The van der Waals surface area contributed by atoms with Gasteiger partial charge < -0.3 is 26.6 Å². The number of ketones is 1. The molecule has 1 heterocycles. The molecule has 5 N–H and O–H groups in total. The molecular weight excluding hydrogens is 643 g/mol. The monoisotopic (exact) mass is 699 g/mol. The maximum Gasteiger partial charge on any atom is 0.315 e. The van der Waals surface area contributed by atoms with E-state index in [9.17, 15) is 32.4 Å². The highest BCUT2D eigenvalue weighted by Gasteiger charge is 2.71. The van der Waals surface area contributed by atoms with Gasteiger partial charge in [0.15, 0.2) is 9.84 Å². The predicted octanol–water partition coefficient (Wildman–Crippen LogP) is 2.55. The molecule has 5 amide bonds. The van der Waals surface area contributed by atoms with Gasteiger partial charge in [0.1, 0.15) is 17.6 Å². The highest BCUT2D eigenvalue weighted by molar-refractivity contribution is 7.92. The molecule has 0 aromatic rings. The number of amides is 5. The van der Waals surface area contributed by atoms with Gasteiger partial charge in [0.2, 0.25) is 17.6 Å². The van der Waals surface area contributed by atoms with Crippen LogP contribution in [0.15, 0.2) is 0 Å². The number of Topliss-reactive ketones (excluding diaryl/α,β-unsaturated/α-hetero) is 1. The summed E-state index contributed by atoms with van der Waals surface area (Å²) in [5, 5.41) is 8.70. The van der Waals surface area contributed by atoms with E-state index in [0.717, 1.165) is 19.3 Å². The third-order valence-corrected chi connectivity index (χ3v) is 14.1. The Morgan fingerprint density at radius 2 is 1.53 bits per heavy atom. The number of carbonyl (C=O) groups excluding carboxylic acids is 5. The van der Waals surface area contributed by atoms with Gasteiger partial charge >= 0.3 is 6.03 Å². The molecule has 3 saturated carbocycles. The molecule has 4 aliphatic rings. The Morgan fingerprint density at radius 3 is 2.00 bits per heavy atom. The molecule has 4 fully saturated rings. The quantitative estimate of drug-likeness (QED) is 0.253. The molecule has 268 valence electrons. The van der Waals surface area contributed by atoms with Gasteiger partial charge in [-0.2, -0.15) is 13.5 Å². The van der Waals surface area contributed by atoms with E-state index in [1.54, 1.807) is 20.8 Å². The topological polar surface area (TPSA) is 185 Å². The van der Waals surface area contributed by atoms with Gasteiger partial charge in [0.25, 0.3) is 5.91 Å². The van der Waals surface area contributed by atoms with Crippen molar-refractivity contribution >= 4 is 52.9 Å². The van der Waals surface area contributed by atoms with Crippen LogP contribution in [0.25, 0.3) is 0 Å². The summed E-state index contributed by atoms with van der Waals surface area (Å²) in [4.78, 5) is 68.2. The molecule has 0 unspecified atom stereocenters. The Balaban J connectivity index is 0.00000600. The number of hydrogen-bond acceptors (Lipinski definition) is 7. The lowest BCUT2D eigenvalue weighted by atomic mass is 9.83. The van der Waals surface area contributed by atoms with Crippen LogP contribution in [0.1, 0.15) is 107 Å². The molecule has 1 aliphatic heterocycles. The van der Waals surface area contributed by atoms with Crippen molar-refractivity contribution in [3.8, 4) is 0 Å². The lowest BCUT2D eigenvalue weighted by Crippen LogP contribution is -2.64. The Hall–Kier alpha value is -2.35. The van der Waals surface area contributed by atoms with E-state index in [4.69, 9.17) is 5.73 Å². The standard InChI is InChI=1S/C33H55N5O7S.H2S/c1-10-19-16-33(19,24(39)25(34)40)36-26(41)22-21-20(31(21,8)9)17-38(22)27(42)23(29(2,3)4)35-28(43)37-32(14-12-11-13-15-32)18-46(44,45)30(5,6)7;/h19-23H,10-18H2,1-9H3,(H2,34,40)(H,36,41)(H2,35,37,43);1H2/t19-,20+,21+,22+,23-,33+;/m1./s1. The van der Waals surface area contributed by atoms with Crippen LogP contribution < -0.4 is 21.7 Å². The normalized spacial score (nSPS) is 29.8. The summed E-state index contributed by atoms with van der Waals surface area (Å²) < 4.78 is 25.5. The van der Waals surface area contributed by atoms with Crippen molar-refractivity contribution in [2.24, 2.45) is 34.3 Å². The summed E-state index contributed by atoms with van der Waals surface area (Å²) in [7, 11) is -3.56. The highest BCUT2D eigenvalue weighted by Crippen LogP contribution is 2.65. The molecule has 14 heteroatoms. The third-order valence-electron chi connectivity index (χ3n) is 11.3. The molecule has 0 radical (unpaired) electrons. The first-order chi connectivity index (χ1) is 20.9. The molecule has 4 rings (SSSR count). The van der Waals surface area contributed by atoms with Crippen LogP contribution in [0.5, 0.6) is 0 Å². The number of piperidine rings is 1. The minimum absolute atomic E-state index is 0. The first kappa shape index (κ1) is 39.1. The van der Waals surface area contributed by atoms with Gasteiger partial charge in [0, 0.05) is 6.54 Å². The van der Waals surface area contributed by atoms with Crippen LogP contribution in [0, 0.1) is 28.6 Å². The van der Waals surface area contributed by atoms with Crippen molar-refractivity contribution < 1.29 is 32.4 Å². The van der Waals surface area contributed by atoms with E-state index < -0.39 is 72.7 Å². The average molecular weight is 700 g/mol. The summed E-state index contributed by atoms with van der Waals surface area (Å²) in [6.07, 6.45) is 4.43. The molecule has 6 atom stereocenters. The second kappa shape index (κ2) is 12.8. The number of nitrogens with one attached hydrogen (secondary N) is 3. The summed E-state index contributed by atoms with van der Waals surface area (Å²) >= 11 is 0. The van der Waals surface area contributed by atoms with Gasteiger partial charge in [-0.3, -0.25) is 19.2 Å². The zero-order valence-corrected chi connectivity index (χ0v) is 31.4. The second-order valence-corrected chi connectivity index (χ2v) is 19.7. The van der Waals surface area contributed by atoms with E-state index in [1.807, 2.05) is 41.5 Å². The molecule has 47 heavy (non-hydrogen) atoms. The fraction of sp³-hybridized carbons (Fsp3) is 0.848. The zero-order valence-electron chi connectivity index (χ0n) is 29.5. The Kier molecular flexibility index (Phi) is 10.7. The first-order valence-electron chi connectivity index (χ1n) is 16.7. The Morgan fingerprint density at radius 1 is 0.957 bits per heavy atom. The first-order valence-corrected chi connectivity index (χ1v) is 18.4. The maximum atomic E-state index is 14.4. The second-order valence-electron chi connectivity index (χ2n) is 17.0. The van der Waals surface area contributed by atoms with Crippen molar-refractivity contribution in [2.75, 3.05) is 12.3 Å². The zero-order chi connectivity index (χ0) is 34.8. The molecule has 3 aliphatic carbocycles. The predicted molar refractivity (Wildman–Crippen MR) is 184 cm³/mol. The summed E-state index contributed by atoms with van der Waals surface area (Å²) in [6, 6.07) is -2.55. The number of nitrogens with two attached hydrogens (primary N) is 1. The van der Waals surface area contributed by atoms with Gasteiger partial charge in [-0.25, -0.2) is 13.2 Å². The molecule has 0 aromatic heterocycles. The van der Waals surface area contributed by atoms with Crippen LogP contribution in [-0.2, 0) is 29.0 Å². The molecule has 1 saturated heterocycles. The number of sulfone groups is 1. The maximum absolute atomic E-state index is 14.4. The average Bonchev–Trinajstić information content (AvgIpc) is 3.67. The number of likely N-dealkylation sites (tertiary alicyclic amines) is 1. The smallest absolute Gasteiger partial charge is 0.315 e. The van der Waals surface area contributed by atoms with Crippen LogP contribution >= 0.6 is 13.5 Å². The molecule has 0 aromatic carbocycles. The van der Waals surface area contributed by atoms with E-state index in [0.29, 0.717) is 32.2 Å². The van der Waals surface area contributed by atoms with Crippen molar-refractivity contribution in [3.05, 3.63) is 0 Å². The summed E-state index contributed by atoms with van der Waals surface area (Å²) in [5.41, 5.74) is 2.06. The van der Waals surface area contributed by atoms with Gasteiger partial charge in [0.05, 0.1) is 16.0 Å². The molecular formula is C33H57N5O7S2. The number of fused-ring (bicyclic) bond motifs is 1. The van der Waals surface area contributed by atoms with E-state index in [-0.39, 0.29) is 42.4 Å². The van der Waals surface area contributed by atoms with E-state index >= 15 is 0 Å². The van der Waals surface area contributed by atoms with Gasteiger partial charge in [-0.05, 0) is 68.6 Å². The van der Waals surface area contributed by atoms with E-state index in [1.165, 1.54) is 4.90 Å². The minimum Gasteiger partial charge on any atom is -0.363 e. The SMILES string of the molecule is CC[C@@H]1C[C@@]1(NC(=O)[C@@H]1[C@@H]2[C@H](CN1C(=O)[C@@H](NC(=O)NC1(CS(=O)(=O)C(C)(C)C)CCCCC1)C(C)(C)C)C2(C)C)C(=O)C(N)=O.S. The number of primary amides is 1. The lowest BCUT2D eigenvalue weighted by molar-refractivity contribution is -0.145. The number of urea groups is 1. The van der Waals surface area contributed by atoms with Crippen molar-refractivity contribution in [3.63, 3.8) is 0 Å². The van der Waals surface area contributed by atoms with Crippen LogP contribution in [-0.4, -0.2) is 83.1 Å². The Bertz CT molecular complexity index is 1390. The molecule has 0 spiro atoms. The number of nitrogens with zero attached hydrogens (tertiary/aromatic N) is 1. The van der Waals surface area contributed by atoms with E-state index in [2.05, 4.69) is 16.0 Å². The largest absolute Gasteiger partial charge is 0.363 e.